The highest BCUT2D eigenvalue weighted by molar-refractivity contribution is 6.23. The van der Waals surface area contributed by atoms with E-state index in [0.717, 1.165) is 6.42 Å². The van der Waals surface area contributed by atoms with Gasteiger partial charge in [-0.2, -0.15) is 0 Å². The first-order valence-corrected chi connectivity index (χ1v) is 12.6. The second-order valence-corrected chi connectivity index (χ2v) is 10.3. The van der Waals surface area contributed by atoms with Crippen LogP contribution in [0, 0.1) is 5.92 Å². The van der Waals surface area contributed by atoms with E-state index in [2.05, 4.69) is 51.1 Å². The standard InChI is InChI=1S/C27H47Cl.H3N/c1-4-5-6-7-8-9-10-11-12-13-14-15-16-20-23-26(27(2,3)28)24-25-21-18-17-19-22-25;/h17-19,21-22,26H,4-16,20,23-24H2,1-3H3;1H3. The number of unbranched alkanes of at least 4 members (excludes halogenated alkanes) is 13. The van der Waals surface area contributed by atoms with Gasteiger partial charge < -0.3 is 6.15 Å². The van der Waals surface area contributed by atoms with Crippen LogP contribution in [0.5, 0.6) is 0 Å². The smallest absolute Gasteiger partial charge is 0.0421 e. The predicted molar refractivity (Wildman–Crippen MR) is 134 cm³/mol. The molecule has 0 aliphatic carbocycles. The van der Waals surface area contributed by atoms with Crippen molar-refractivity contribution in [1.82, 2.24) is 6.15 Å². The molecule has 2 heteroatoms. The minimum Gasteiger partial charge on any atom is -0.344 e. The Morgan fingerprint density at radius 1 is 0.690 bits per heavy atom. The van der Waals surface area contributed by atoms with Gasteiger partial charge in [0.25, 0.3) is 0 Å². The Balaban J connectivity index is 0.00000784. The fourth-order valence-electron chi connectivity index (χ4n) is 4.17. The molecule has 1 nitrogen and oxygen atoms in total. The van der Waals surface area contributed by atoms with Crippen molar-refractivity contribution in [2.75, 3.05) is 0 Å². The first kappa shape index (κ1) is 28.5. The predicted octanol–water partition coefficient (Wildman–Crippen LogP) is 9.90. The van der Waals surface area contributed by atoms with E-state index in [4.69, 9.17) is 11.6 Å². The fraction of sp³-hybridized carbons (Fsp3) is 0.778. The average molecular weight is 424 g/mol. The second-order valence-electron chi connectivity index (χ2n) is 9.34. The zero-order valence-corrected chi connectivity index (χ0v) is 20.6. The fourth-order valence-corrected chi connectivity index (χ4v) is 4.36. The van der Waals surface area contributed by atoms with Gasteiger partial charge in [0, 0.05) is 4.87 Å². The lowest BCUT2D eigenvalue weighted by atomic mass is 9.84. The Morgan fingerprint density at radius 3 is 1.52 bits per heavy atom. The summed E-state index contributed by atoms with van der Waals surface area (Å²) < 4.78 is 0. The Morgan fingerprint density at radius 2 is 1.10 bits per heavy atom. The van der Waals surface area contributed by atoms with Crippen LogP contribution in [0.15, 0.2) is 30.3 Å². The SMILES string of the molecule is CCCCCCCCCCCCCCCCC(Cc1ccccc1)C(C)(C)Cl.N. The van der Waals surface area contributed by atoms with Gasteiger partial charge >= 0.3 is 0 Å². The number of hydrogen-bond donors (Lipinski definition) is 1. The number of alkyl halides is 1. The third kappa shape index (κ3) is 15.9. The van der Waals surface area contributed by atoms with Gasteiger partial charge in [-0.3, -0.25) is 0 Å². The molecule has 29 heavy (non-hydrogen) atoms. The zero-order chi connectivity index (χ0) is 20.5. The molecule has 0 spiro atoms. The summed E-state index contributed by atoms with van der Waals surface area (Å²) in [5.41, 5.74) is 1.42. The first-order chi connectivity index (χ1) is 13.5. The van der Waals surface area contributed by atoms with Crippen LogP contribution in [0.25, 0.3) is 0 Å². The first-order valence-electron chi connectivity index (χ1n) is 12.3. The molecule has 0 saturated carbocycles. The topological polar surface area (TPSA) is 35.0 Å². The Labute approximate surface area is 188 Å². The van der Waals surface area contributed by atoms with Crippen LogP contribution in [-0.2, 0) is 6.42 Å². The van der Waals surface area contributed by atoms with Crippen molar-refractivity contribution in [2.24, 2.45) is 5.92 Å². The van der Waals surface area contributed by atoms with Crippen molar-refractivity contribution >= 4 is 11.6 Å². The van der Waals surface area contributed by atoms with Gasteiger partial charge in [0.05, 0.1) is 0 Å². The van der Waals surface area contributed by atoms with Crippen LogP contribution in [0.3, 0.4) is 0 Å². The summed E-state index contributed by atoms with van der Waals surface area (Å²) in [6.45, 7) is 6.67. The molecular weight excluding hydrogens is 374 g/mol. The molecule has 0 amide bonds. The monoisotopic (exact) mass is 423 g/mol. The molecular formula is C27H50ClN. The van der Waals surface area contributed by atoms with Gasteiger partial charge in [-0.05, 0) is 38.2 Å². The molecule has 1 aromatic carbocycles. The lowest BCUT2D eigenvalue weighted by Crippen LogP contribution is -2.26. The Bertz CT molecular complexity index is 451. The van der Waals surface area contributed by atoms with Crippen molar-refractivity contribution in [2.45, 2.75) is 128 Å². The number of halogens is 1. The summed E-state index contributed by atoms with van der Waals surface area (Å²) in [4.78, 5) is -0.119. The van der Waals surface area contributed by atoms with E-state index in [-0.39, 0.29) is 11.0 Å². The van der Waals surface area contributed by atoms with Crippen LogP contribution < -0.4 is 6.15 Å². The van der Waals surface area contributed by atoms with Crippen molar-refractivity contribution < 1.29 is 0 Å². The molecule has 3 N–H and O–H groups in total. The molecule has 0 aliphatic rings. The number of rotatable bonds is 18. The molecule has 1 unspecified atom stereocenters. The quantitative estimate of drug-likeness (QED) is 0.185. The van der Waals surface area contributed by atoms with Crippen LogP contribution in [0.4, 0.5) is 0 Å². The molecule has 0 radical (unpaired) electrons. The Kier molecular flexibility index (Phi) is 17.9. The van der Waals surface area contributed by atoms with E-state index in [1.165, 1.54) is 102 Å². The van der Waals surface area contributed by atoms with Crippen LogP contribution in [0.2, 0.25) is 0 Å². The third-order valence-corrected chi connectivity index (χ3v) is 6.51. The number of hydrogen-bond acceptors (Lipinski definition) is 1. The van der Waals surface area contributed by atoms with Crippen molar-refractivity contribution in [3.63, 3.8) is 0 Å². The Hall–Kier alpha value is -0.530. The second kappa shape index (κ2) is 18.3. The normalized spacial score (nSPS) is 12.6. The minimum atomic E-state index is -0.119. The third-order valence-electron chi connectivity index (χ3n) is 6.20. The van der Waals surface area contributed by atoms with E-state index >= 15 is 0 Å². The van der Waals surface area contributed by atoms with Crippen molar-refractivity contribution in [1.29, 1.82) is 0 Å². The van der Waals surface area contributed by atoms with Gasteiger partial charge in [-0.25, -0.2) is 0 Å². The summed E-state index contributed by atoms with van der Waals surface area (Å²) in [6, 6.07) is 10.8. The molecule has 0 saturated heterocycles. The molecule has 0 heterocycles. The highest BCUT2D eigenvalue weighted by Crippen LogP contribution is 2.32. The van der Waals surface area contributed by atoms with E-state index in [0.29, 0.717) is 5.92 Å². The highest BCUT2D eigenvalue weighted by atomic mass is 35.5. The maximum atomic E-state index is 6.71. The molecule has 0 fully saturated rings. The van der Waals surface area contributed by atoms with E-state index in [1.807, 2.05) is 0 Å². The largest absolute Gasteiger partial charge is 0.344 e. The number of benzene rings is 1. The van der Waals surface area contributed by atoms with Gasteiger partial charge in [0.2, 0.25) is 0 Å². The summed E-state index contributed by atoms with van der Waals surface area (Å²) in [5, 5.41) is 0. The molecule has 1 atom stereocenters. The lowest BCUT2D eigenvalue weighted by Gasteiger charge is -2.29. The van der Waals surface area contributed by atoms with Crippen LogP contribution in [-0.4, -0.2) is 4.87 Å². The molecule has 1 rings (SSSR count). The van der Waals surface area contributed by atoms with E-state index in [9.17, 15) is 0 Å². The van der Waals surface area contributed by atoms with Gasteiger partial charge in [-0.15, -0.1) is 11.6 Å². The molecule has 1 aromatic rings. The average Bonchev–Trinajstić information content (AvgIpc) is 2.67. The van der Waals surface area contributed by atoms with Gasteiger partial charge in [0.1, 0.15) is 0 Å². The summed E-state index contributed by atoms with van der Waals surface area (Å²) in [5.74, 6) is 0.564. The molecule has 0 bridgehead atoms. The van der Waals surface area contributed by atoms with E-state index in [1.54, 1.807) is 0 Å². The van der Waals surface area contributed by atoms with Crippen LogP contribution >= 0.6 is 11.6 Å². The highest BCUT2D eigenvalue weighted by Gasteiger charge is 2.26. The zero-order valence-electron chi connectivity index (χ0n) is 19.9. The van der Waals surface area contributed by atoms with Crippen LogP contribution in [0.1, 0.15) is 123 Å². The van der Waals surface area contributed by atoms with Crippen molar-refractivity contribution in [3.05, 3.63) is 35.9 Å². The summed E-state index contributed by atoms with van der Waals surface area (Å²) in [6.07, 6.45) is 22.3. The maximum Gasteiger partial charge on any atom is 0.0421 e. The molecule has 170 valence electrons. The molecule has 0 aliphatic heterocycles. The summed E-state index contributed by atoms with van der Waals surface area (Å²) in [7, 11) is 0. The van der Waals surface area contributed by atoms with E-state index < -0.39 is 0 Å². The molecule has 0 aromatic heterocycles. The van der Waals surface area contributed by atoms with Gasteiger partial charge in [0.15, 0.2) is 0 Å². The lowest BCUT2D eigenvalue weighted by molar-refractivity contribution is 0.367. The van der Waals surface area contributed by atoms with Gasteiger partial charge in [-0.1, -0.05) is 127 Å². The maximum absolute atomic E-state index is 6.71. The minimum absolute atomic E-state index is 0. The summed E-state index contributed by atoms with van der Waals surface area (Å²) >= 11 is 6.71. The van der Waals surface area contributed by atoms with Crippen molar-refractivity contribution in [3.8, 4) is 0 Å².